The zero-order valence-corrected chi connectivity index (χ0v) is 11.6. The molecule has 0 aliphatic carbocycles. The summed E-state index contributed by atoms with van der Waals surface area (Å²) in [5, 5.41) is 41.8. The van der Waals surface area contributed by atoms with Crippen LogP contribution in [0.25, 0.3) is 0 Å². The van der Waals surface area contributed by atoms with Gasteiger partial charge >= 0.3 is 5.97 Å². The zero-order chi connectivity index (χ0) is 17.0. The highest BCUT2D eigenvalue weighted by atomic mass is 16.4. The van der Waals surface area contributed by atoms with E-state index in [9.17, 15) is 19.2 Å². The van der Waals surface area contributed by atoms with Crippen molar-refractivity contribution in [1.82, 2.24) is 0 Å². The second-order valence-electron chi connectivity index (χ2n) is 4.13. The lowest BCUT2D eigenvalue weighted by Gasteiger charge is -2.11. The SMILES string of the molecule is CC(=O)CC(=O)CCC(=O)O.O=C(CO)[C@H](O)[C@@H](O)CO. The molecule has 5 N–H and O–H groups in total. The predicted molar refractivity (Wildman–Crippen MR) is 68.4 cm³/mol. The molecule has 21 heavy (non-hydrogen) atoms. The van der Waals surface area contributed by atoms with Crippen molar-refractivity contribution in [3.05, 3.63) is 0 Å². The molecule has 0 aromatic rings. The Morgan fingerprint density at radius 2 is 1.52 bits per heavy atom. The van der Waals surface area contributed by atoms with Gasteiger partial charge in [0.05, 0.1) is 19.4 Å². The first kappa shape index (κ1) is 21.6. The van der Waals surface area contributed by atoms with Gasteiger partial charge in [-0.2, -0.15) is 0 Å². The van der Waals surface area contributed by atoms with E-state index in [1.54, 1.807) is 0 Å². The molecule has 0 heterocycles. The molecule has 9 nitrogen and oxygen atoms in total. The minimum Gasteiger partial charge on any atom is -0.481 e. The van der Waals surface area contributed by atoms with Gasteiger partial charge in [0.15, 0.2) is 5.78 Å². The van der Waals surface area contributed by atoms with Crippen LogP contribution in [-0.2, 0) is 19.2 Å². The molecule has 0 amide bonds. The van der Waals surface area contributed by atoms with E-state index in [4.69, 9.17) is 25.5 Å². The van der Waals surface area contributed by atoms with E-state index < -0.39 is 37.2 Å². The molecule has 0 fully saturated rings. The minimum absolute atomic E-state index is 0.0467. The molecule has 0 aromatic carbocycles. The fourth-order valence-electron chi connectivity index (χ4n) is 1.02. The largest absolute Gasteiger partial charge is 0.481 e. The number of rotatable bonds is 9. The van der Waals surface area contributed by atoms with Crippen molar-refractivity contribution >= 4 is 23.3 Å². The summed E-state index contributed by atoms with van der Waals surface area (Å²) in [6, 6.07) is 0. The number of aliphatic hydroxyl groups excluding tert-OH is 4. The number of carboxylic acids is 1. The average Bonchev–Trinajstić information content (AvgIpc) is 2.42. The van der Waals surface area contributed by atoms with E-state index in [0.29, 0.717) is 0 Å². The third kappa shape index (κ3) is 13.1. The topological polar surface area (TPSA) is 169 Å². The van der Waals surface area contributed by atoms with Gasteiger partial charge < -0.3 is 25.5 Å². The Hall–Kier alpha value is -1.68. The van der Waals surface area contributed by atoms with Crippen molar-refractivity contribution < 1.29 is 44.7 Å². The van der Waals surface area contributed by atoms with Crippen LogP contribution in [0.3, 0.4) is 0 Å². The molecule has 122 valence electrons. The highest BCUT2D eigenvalue weighted by Crippen LogP contribution is 1.95. The summed E-state index contributed by atoms with van der Waals surface area (Å²) in [6.45, 7) is -0.232. The monoisotopic (exact) mass is 308 g/mol. The summed E-state index contributed by atoms with van der Waals surface area (Å²) in [5.74, 6) is -2.44. The van der Waals surface area contributed by atoms with Crippen molar-refractivity contribution in [2.45, 2.75) is 38.4 Å². The van der Waals surface area contributed by atoms with Gasteiger partial charge in [-0.15, -0.1) is 0 Å². The Balaban J connectivity index is 0. The second-order valence-corrected chi connectivity index (χ2v) is 4.13. The molecule has 0 aromatic heterocycles. The molecule has 0 spiro atoms. The fourth-order valence-corrected chi connectivity index (χ4v) is 1.02. The molecular formula is C12H20O9. The third-order valence-electron chi connectivity index (χ3n) is 2.10. The number of Topliss-reactive ketones (excluding diaryl/α,β-unsaturated/α-hetero) is 3. The quantitative estimate of drug-likeness (QED) is 0.293. The molecule has 0 aliphatic rings. The van der Waals surface area contributed by atoms with Gasteiger partial charge in [0.25, 0.3) is 0 Å². The van der Waals surface area contributed by atoms with E-state index in [2.05, 4.69) is 0 Å². The molecule has 0 saturated heterocycles. The first-order chi connectivity index (χ1) is 9.65. The number of hydrogen-bond acceptors (Lipinski definition) is 8. The average molecular weight is 308 g/mol. The molecular weight excluding hydrogens is 288 g/mol. The lowest BCUT2D eigenvalue weighted by Crippen LogP contribution is -2.37. The van der Waals surface area contributed by atoms with Crippen LogP contribution in [0.5, 0.6) is 0 Å². The van der Waals surface area contributed by atoms with Crippen molar-refractivity contribution in [1.29, 1.82) is 0 Å². The Bertz CT molecular complexity index is 364. The van der Waals surface area contributed by atoms with Crippen LogP contribution in [0.15, 0.2) is 0 Å². The number of carboxylic acid groups (broad SMARTS) is 1. The maximum absolute atomic E-state index is 10.7. The Kier molecular flexibility index (Phi) is 12.4. The van der Waals surface area contributed by atoms with E-state index in [1.807, 2.05) is 0 Å². The van der Waals surface area contributed by atoms with Crippen molar-refractivity contribution in [2.75, 3.05) is 13.2 Å². The third-order valence-corrected chi connectivity index (χ3v) is 2.10. The second kappa shape index (κ2) is 12.1. The van der Waals surface area contributed by atoms with Gasteiger partial charge in [-0.1, -0.05) is 0 Å². The maximum atomic E-state index is 10.7. The van der Waals surface area contributed by atoms with Crippen LogP contribution in [-0.4, -0.2) is 74.3 Å². The van der Waals surface area contributed by atoms with Gasteiger partial charge in [0.1, 0.15) is 30.4 Å². The molecule has 0 aliphatic heterocycles. The van der Waals surface area contributed by atoms with Crippen LogP contribution in [0, 0.1) is 0 Å². The summed E-state index contributed by atoms with van der Waals surface area (Å²) in [7, 11) is 0. The lowest BCUT2D eigenvalue weighted by molar-refractivity contribution is -0.139. The van der Waals surface area contributed by atoms with Crippen molar-refractivity contribution in [2.24, 2.45) is 0 Å². The summed E-state index contributed by atoms with van der Waals surface area (Å²) in [4.78, 5) is 41.3. The summed E-state index contributed by atoms with van der Waals surface area (Å²) in [5.41, 5.74) is 0. The van der Waals surface area contributed by atoms with Crippen molar-refractivity contribution in [3.63, 3.8) is 0 Å². The van der Waals surface area contributed by atoms with Gasteiger partial charge in [0.2, 0.25) is 0 Å². The molecule has 0 bridgehead atoms. The number of aliphatic hydroxyl groups is 4. The van der Waals surface area contributed by atoms with Crippen molar-refractivity contribution in [3.8, 4) is 0 Å². The van der Waals surface area contributed by atoms with Crippen LogP contribution in [0.4, 0.5) is 0 Å². The predicted octanol–water partition coefficient (Wildman–Crippen LogP) is -2.34. The van der Waals surface area contributed by atoms with E-state index in [-0.39, 0.29) is 30.8 Å². The lowest BCUT2D eigenvalue weighted by atomic mass is 10.1. The Morgan fingerprint density at radius 1 is 1.00 bits per heavy atom. The summed E-state index contributed by atoms with van der Waals surface area (Å²) >= 11 is 0. The normalized spacial score (nSPS) is 12.6. The highest BCUT2D eigenvalue weighted by molar-refractivity contribution is 5.98. The number of carbonyl (C=O) groups excluding carboxylic acids is 3. The molecule has 0 saturated carbocycles. The van der Waals surface area contributed by atoms with E-state index in [1.165, 1.54) is 6.92 Å². The molecule has 0 radical (unpaired) electrons. The van der Waals surface area contributed by atoms with Gasteiger partial charge in [0, 0.05) is 6.42 Å². The van der Waals surface area contributed by atoms with E-state index >= 15 is 0 Å². The highest BCUT2D eigenvalue weighted by Gasteiger charge is 2.21. The van der Waals surface area contributed by atoms with Gasteiger partial charge in [-0.3, -0.25) is 19.2 Å². The fraction of sp³-hybridized carbons (Fsp3) is 0.667. The van der Waals surface area contributed by atoms with Crippen LogP contribution >= 0.6 is 0 Å². The number of carbonyl (C=O) groups is 4. The standard InChI is InChI=1S/C7H10O4.C5H10O5/c1-5(8)4-6(9)2-3-7(10)11;6-1-3(8)5(10)4(9)2-7/h2-4H2,1H3,(H,10,11);3,5-8,10H,1-2H2/t;3-,5+/m.0/s1. The smallest absolute Gasteiger partial charge is 0.303 e. The van der Waals surface area contributed by atoms with Crippen LogP contribution in [0.1, 0.15) is 26.2 Å². The first-order valence-electron chi connectivity index (χ1n) is 5.99. The summed E-state index contributed by atoms with van der Waals surface area (Å²) in [6.07, 6.45) is -3.57. The molecule has 2 atom stereocenters. The molecule has 9 heteroatoms. The number of hydrogen-bond donors (Lipinski definition) is 5. The Labute approximate surface area is 120 Å². The molecule has 0 rings (SSSR count). The van der Waals surface area contributed by atoms with Crippen LogP contribution < -0.4 is 0 Å². The minimum atomic E-state index is -1.69. The zero-order valence-electron chi connectivity index (χ0n) is 11.6. The van der Waals surface area contributed by atoms with Gasteiger partial charge in [-0.25, -0.2) is 0 Å². The van der Waals surface area contributed by atoms with E-state index in [0.717, 1.165) is 0 Å². The van der Waals surface area contributed by atoms with Crippen LogP contribution in [0.2, 0.25) is 0 Å². The number of aliphatic carboxylic acids is 1. The maximum Gasteiger partial charge on any atom is 0.303 e. The Morgan fingerprint density at radius 3 is 1.86 bits per heavy atom. The number of ketones is 3. The summed E-state index contributed by atoms with van der Waals surface area (Å²) < 4.78 is 0. The molecule has 0 unspecified atom stereocenters. The van der Waals surface area contributed by atoms with Gasteiger partial charge in [-0.05, 0) is 6.92 Å². The first-order valence-corrected chi connectivity index (χ1v) is 5.99.